The maximum atomic E-state index is 11.9. The minimum atomic E-state index is -0.226. The minimum absolute atomic E-state index is 0.0910. The van der Waals surface area contributed by atoms with Gasteiger partial charge >= 0.3 is 0 Å². The molecule has 116 valence electrons. The van der Waals surface area contributed by atoms with Crippen LogP contribution in [0.3, 0.4) is 0 Å². The maximum Gasteiger partial charge on any atom is 0.262 e. The molecular formula is C17H20N2O3. The molecule has 0 bridgehead atoms. The molecule has 2 rings (SSSR count). The first kappa shape index (κ1) is 15.9. The van der Waals surface area contributed by atoms with Crippen LogP contribution in [0, 0.1) is 6.92 Å². The lowest BCUT2D eigenvalue weighted by Gasteiger charge is -2.12. The summed E-state index contributed by atoms with van der Waals surface area (Å²) in [6, 6.07) is 13.0. The van der Waals surface area contributed by atoms with E-state index in [4.69, 9.17) is 15.2 Å². The van der Waals surface area contributed by atoms with Gasteiger partial charge in [-0.25, -0.2) is 0 Å². The van der Waals surface area contributed by atoms with Crippen LogP contribution in [0.25, 0.3) is 0 Å². The molecule has 2 aromatic rings. The standard InChI is InChI=1S/C17H20N2O3/c1-12-4-3-5-14(8-12)19-17(20)11-22-15-7-6-13(10-18)9-16(15)21-2/h3-9H,10-11,18H2,1-2H3,(H,19,20). The Morgan fingerprint density at radius 3 is 2.68 bits per heavy atom. The van der Waals surface area contributed by atoms with E-state index in [0.717, 1.165) is 16.8 Å². The van der Waals surface area contributed by atoms with Gasteiger partial charge in [0.2, 0.25) is 0 Å². The SMILES string of the molecule is COc1cc(CN)ccc1OCC(=O)Nc1cccc(C)c1. The van der Waals surface area contributed by atoms with Crippen LogP contribution >= 0.6 is 0 Å². The van der Waals surface area contributed by atoms with Crippen LogP contribution in [0.1, 0.15) is 11.1 Å². The first-order valence-corrected chi connectivity index (χ1v) is 6.98. The molecule has 5 nitrogen and oxygen atoms in total. The lowest BCUT2D eigenvalue weighted by atomic mass is 10.2. The number of benzene rings is 2. The van der Waals surface area contributed by atoms with Gasteiger partial charge in [0.25, 0.3) is 5.91 Å². The highest BCUT2D eigenvalue weighted by Gasteiger charge is 2.08. The highest BCUT2D eigenvalue weighted by Crippen LogP contribution is 2.27. The van der Waals surface area contributed by atoms with Gasteiger partial charge in [0, 0.05) is 12.2 Å². The summed E-state index contributed by atoms with van der Waals surface area (Å²) in [5, 5.41) is 2.79. The van der Waals surface area contributed by atoms with Gasteiger partial charge in [0.15, 0.2) is 18.1 Å². The summed E-state index contributed by atoms with van der Waals surface area (Å²) in [4.78, 5) is 11.9. The Bertz CT molecular complexity index is 656. The van der Waals surface area contributed by atoms with Crippen LogP contribution < -0.4 is 20.5 Å². The van der Waals surface area contributed by atoms with Gasteiger partial charge in [-0.05, 0) is 42.3 Å². The lowest BCUT2D eigenvalue weighted by Crippen LogP contribution is -2.20. The van der Waals surface area contributed by atoms with Gasteiger partial charge in [-0.3, -0.25) is 4.79 Å². The molecule has 5 heteroatoms. The number of aryl methyl sites for hydroxylation is 1. The first-order valence-electron chi connectivity index (χ1n) is 6.98. The molecule has 22 heavy (non-hydrogen) atoms. The number of hydrogen-bond acceptors (Lipinski definition) is 4. The van der Waals surface area contributed by atoms with Gasteiger partial charge in [-0.1, -0.05) is 18.2 Å². The molecule has 0 spiro atoms. The van der Waals surface area contributed by atoms with Crippen molar-refractivity contribution in [3.05, 3.63) is 53.6 Å². The van der Waals surface area contributed by atoms with E-state index in [1.807, 2.05) is 37.3 Å². The molecule has 0 saturated heterocycles. The molecule has 2 aromatic carbocycles. The third-order valence-corrected chi connectivity index (χ3v) is 3.12. The van der Waals surface area contributed by atoms with E-state index in [9.17, 15) is 4.79 Å². The van der Waals surface area contributed by atoms with E-state index in [0.29, 0.717) is 18.0 Å². The van der Waals surface area contributed by atoms with Crippen LogP contribution in [-0.2, 0) is 11.3 Å². The fourth-order valence-electron chi connectivity index (χ4n) is 2.02. The van der Waals surface area contributed by atoms with Crippen molar-refractivity contribution in [3.63, 3.8) is 0 Å². The Kier molecular flexibility index (Phi) is 5.38. The van der Waals surface area contributed by atoms with Crippen molar-refractivity contribution in [1.82, 2.24) is 0 Å². The number of methoxy groups -OCH3 is 1. The summed E-state index contributed by atoms with van der Waals surface area (Å²) in [6.07, 6.45) is 0. The third-order valence-electron chi connectivity index (χ3n) is 3.12. The Labute approximate surface area is 130 Å². The summed E-state index contributed by atoms with van der Waals surface area (Å²) in [5.74, 6) is 0.848. The molecule has 3 N–H and O–H groups in total. The number of nitrogens with one attached hydrogen (secondary N) is 1. The number of ether oxygens (including phenoxy) is 2. The summed E-state index contributed by atoms with van der Waals surface area (Å²) in [5.41, 5.74) is 8.35. The molecule has 0 radical (unpaired) electrons. The van der Waals surface area contributed by atoms with Crippen molar-refractivity contribution in [2.24, 2.45) is 5.73 Å². The third kappa shape index (κ3) is 4.23. The second kappa shape index (κ2) is 7.47. The van der Waals surface area contributed by atoms with Crippen LogP contribution in [0.15, 0.2) is 42.5 Å². The molecule has 0 aromatic heterocycles. The molecule has 0 unspecified atom stereocenters. The number of rotatable bonds is 6. The number of amides is 1. The minimum Gasteiger partial charge on any atom is -0.493 e. The molecular weight excluding hydrogens is 280 g/mol. The van der Waals surface area contributed by atoms with Gasteiger partial charge in [0.1, 0.15) is 0 Å². The fourth-order valence-corrected chi connectivity index (χ4v) is 2.02. The largest absolute Gasteiger partial charge is 0.493 e. The van der Waals surface area contributed by atoms with Crippen LogP contribution in [0.4, 0.5) is 5.69 Å². The predicted octanol–water partition coefficient (Wildman–Crippen LogP) is 2.48. The Hall–Kier alpha value is -2.53. The lowest BCUT2D eigenvalue weighted by molar-refractivity contribution is -0.118. The highest BCUT2D eigenvalue weighted by atomic mass is 16.5. The average Bonchev–Trinajstić information content (AvgIpc) is 2.52. The fraction of sp³-hybridized carbons (Fsp3) is 0.235. The van der Waals surface area contributed by atoms with E-state index >= 15 is 0 Å². The highest BCUT2D eigenvalue weighted by molar-refractivity contribution is 5.91. The van der Waals surface area contributed by atoms with Gasteiger partial charge in [-0.2, -0.15) is 0 Å². The Morgan fingerprint density at radius 2 is 2.00 bits per heavy atom. The van der Waals surface area contributed by atoms with Crippen LogP contribution in [0.2, 0.25) is 0 Å². The van der Waals surface area contributed by atoms with Gasteiger partial charge in [0.05, 0.1) is 7.11 Å². The number of carbonyl (C=O) groups is 1. The smallest absolute Gasteiger partial charge is 0.262 e. The number of nitrogens with two attached hydrogens (primary N) is 1. The normalized spacial score (nSPS) is 10.1. The second-order valence-electron chi connectivity index (χ2n) is 4.90. The van der Waals surface area contributed by atoms with Crippen molar-refractivity contribution in [3.8, 4) is 11.5 Å². The monoisotopic (exact) mass is 300 g/mol. The number of hydrogen-bond donors (Lipinski definition) is 2. The second-order valence-corrected chi connectivity index (χ2v) is 4.90. The molecule has 0 heterocycles. The van der Waals surface area contributed by atoms with E-state index in [-0.39, 0.29) is 12.5 Å². The van der Waals surface area contributed by atoms with E-state index in [1.165, 1.54) is 0 Å². The zero-order valence-electron chi connectivity index (χ0n) is 12.8. The van der Waals surface area contributed by atoms with E-state index in [1.54, 1.807) is 19.2 Å². The average molecular weight is 300 g/mol. The molecule has 0 aliphatic heterocycles. The van der Waals surface area contributed by atoms with Crippen LogP contribution in [-0.4, -0.2) is 19.6 Å². The topological polar surface area (TPSA) is 73.6 Å². The summed E-state index contributed by atoms with van der Waals surface area (Å²) in [6.45, 7) is 2.30. The maximum absolute atomic E-state index is 11.9. The predicted molar refractivity (Wildman–Crippen MR) is 86.2 cm³/mol. The van der Waals surface area contributed by atoms with Crippen molar-refractivity contribution in [2.45, 2.75) is 13.5 Å². The van der Waals surface area contributed by atoms with Crippen LogP contribution in [0.5, 0.6) is 11.5 Å². The first-order chi connectivity index (χ1) is 10.6. The molecule has 0 fully saturated rings. The summed E-state index contributed by atoms with van der Waals surface area (Å²) >= 11 is 0. The summed E-state index contributed by atoms with van der Waals surface area (Å²) < 4.78 is 10.8. The van der Waals surface area contributed by atoms with Crippen molar-refractivity contribution < 1.29 is 14.3 Å². The van der Waals surface area contributed by atoms with Gasteiger partial charge < -0.3 is 20.5 Å². The van der Waals surface area contributed by atoms with Crippen molar-refractivity contribution in [1.29, 1.82) is 0 Å². The Morgan fingerprint density at radius 1 is 1.18 bits per heavy atom. The van der Waals surface area contributed by atoms with Crippen molar-refractivity contribution >= 4 is 11.6 Å². The number of carbonyl (C=O) groups excluding carboxylic acids is 1. The Balaban J connectivity index is 1.96. The molecule has 0 aliphatic rings. The molecule has 1 amide bonds. The zero-order valence-corrected chi connectivity index (χ0v) is 12.8. The molecule has 0 aliphatic carbocycles. The molecule has 0 saturated carbocycles. The zero-order chi connectivity index (χ0) is 15.9. The van der Waals surface area contributed by atoms with E-state index in [2.05, 4.69) is 5.32 Å². The number of anilines is 1. The quantitative estimate of drug-likeness (QED) is 0.859. The summed E-state index contributed by atoms with van der Waals surface area (Å²) in [7, 11) is 1.55. The van der Waals surface area contributed by atoms with E-state index < -0.39 is 0 Å². The van der Waals surface area contributed by atoms with Gasteiger partial charge in [-0.15, -0.1) is 0 Å². The van der Waals surface area contributed by atoms with Crippen molar-refractivity contribution in [2.75, 3.05) is 19.0 Å². The molecule has 0 atom stereocenters.